The van der Waals surface area contributed by atoms with E-state index in [1.807, 2.05) is 22.4 Å². The van der Waals surface area contributed by atoms with Gasteiger partial charge in [-0.25, -0.2) is 0 Å². The molecule has 4 nitrogen and oxygen atoms in total. The van der Waals surface area contributed by atoms with Gasteiger partial charge < -0.3 is 9.80 Å². The number of carbonyl (C=O) groups excluding carboxylic acids is 2. The number of nitrogens with zero attached hydrogens (tertiary/aromatic N) is 2. The van der Waals surface area contributed by atoms with E-state index >= 15 is 0 Å². The normalized spacial score (nSPS) is 23.0. The Hall–Kier alpha value is -1.66. The van der Waals surface area contributed by atoms with Gasteiger partial charge in [-0.1, -0.05) is 13.0 Å². The fourth-order valence-corrected chi connectivity index (χ4v) is 5.87. The lowest BCUT2D eigenvalue weighted by Gasteiger charge is -2.40. The Balaban J connectivity index is 1.48. The molecule has 138 valence electrons. The smallest absolute Gasteiger partial charge is 0.263 e. The molecule has 4 rings (SSSR count). The van der Waals surface area contributed by atoms with Gasteiger partial charge in [0.1, 0.15) is 0 Å². The number of hydrogen-bond acceptors (Lipinski definition) is 4. The number of rotatable bonds is 3. The molecule has 0 N–H and O–H groups in total. The molecule has 2 aliphatic heterocycles. The Morgan fingerprint density at radius 1 is 1.19 bits per heavy atom. The molecule has 0 saturated carbocycles. The minimum atomic E-state index is -0.0677. The van der Waals surface area contributed by atoms with Gasteiger partial charge in [0, 0.05) is 24.5 Å². The van der Waals surface area contributed by atoms with Crippen LogP contribution in [0.3, 0.4) is 0 Å². The summed E-state index contributed by atoms with van der Waals surface area (Å²) in [5.74, 6) is 0.239. The summed E-state index contributed by atoms with van der Waals surface area (Å²) in [6, 6.07) is 6.15. The van der Waals surface area contributed by atoms with Crippen LogP contribution in [0, 0.1) is 5.92 Å². The quantitative estimate of drug-likeness (QED) is 0.791. The molecule has 4 heterocycles. The van der Waals surface area contributed by atoms with Crippen molar-refractivity contribution in [2.45, 2.75) is 38.6 Å². The lowest BCUT2D eigenvalue weighted by atomic mass is 9.92. The Morgan fingerprint density at radius 2 is 2.08 bits per heavy atom. The zero-order valence-electron chi connectivity index (χ0n) is 15.0. The first-order valence-corrected chi connectivity index (χ1v) is 11.1. The fraction of sp³-hybridized carbons (Fsp3) is 0.500. The third-order valence-electron chi connectivity index (χ3n) is 5.55. The van der Waals surface area contributed by atoms with Crippen molar-refractivity contribution in [1.29, 1.82) is 0 Å². The minimum absolute atomic E-state index is 0.0677. The summed E-state index contributed by atoms with van der Waals surface area (Å²) in [5, 5.41) is 4.07. The van der Waals surface area contributed by atoms with Crippen LogP contribution in [0.25, 0.3) is 0 Å². The van der Waals surface area contributed by atoms with Crippen LogP contribution in [-0.2, 0) is 11.2 Å². The van der Waals surface area contributed by atoms with Crippen LogP contribution in [0.5, 0.6) is 0 Å². The van der Waals surface area contributed by atoms with E-state index in [9.17, 15) is 9.59 Å². The summed E-state index contributed by atoms with van der Waals surface area (Å²) in [5.41, 5.74) is 1.33. The van der Waals surface area contributed by atoms with E-state index in [4.69, 9.17) is 0 Å². The highest BCUT2D eigenvalue weighted by atomic mass is 32.1. The molecule has 0 radical (unpaired) electrons. The standard InChI is InChI=1S/C20H24N2O2S2/c1-2-16-15-8-12-26-17(15)7-10-22(16)19(23)14-5-3-9-21(13-14)20(24)18-6-4-11-25-18/h4,6,8,11-12,14,16H,2-3,5,7,9-10,13H2,1H3. The minimum Gasteiger partial charge on any atom is -0.337 e. The molecular weight excluding hydrogens is 364 g/mol. The van der Waals surface area contributed by atoms with Crippen LogP contribution < -0.4 is 0 Å². The monoisotopic (exact) mass is 388 g/mol. The van der Waals surface area contributed by atoms with E-state index in [0.29, 0.717) is 6.54 Å². The number of carbonyl (C=O) groups is 2. The predicted molar refractivity (Wildman–Crippen MR) is 106 cm³/mol. The molecule has 2 aromatic rings. The van der Waals surface area contributed by atoms with Gasteiger partial charge in [0.15, 0.2) is 0 Å². The van der Waals surface area contributed by atoms with Gasteiger partial charge in [-0.05, 0) is 54.1 Å². The van der Waals surface area contributed by atoms with E-state index in [1.165, 1.54) is 21.8 Å². The highest BCUT2D eigenvalue weighted by molar-refractivity contribution is 7.12. The summed E-state index contributed by atoms with van der Waals surface area (Å²) in [6.07, 6.45) is 3.69. The summed E-state index contributed by atoms with van der Waals surface area (Å²) in [7, 11) is 0. The fourth-order valence-electron chi connectivity index (χ4n) is 4.25. The molecule has 0 bridgehead atoms. The van der Waals surface area contributed by atoms with Crippen molar-refractivity contribution in [2.75, 3.05) is 19.6 Å². The third-order valence-corrected chi connectivity index (χ3v) is 7.41. The van der Waals surface area contributed by atoms with Crippen LogP contribution in [0.4, 0.5) is 0 Å². The van der Waals surface area contributed by atoms with Gasteiger partial charge >= 0.3 is 0 Å². The second kappa shape index (κ2) is 7.53. The number of piperidine rings is 1. The van der Waals surface area contributed by atoms with E-state index in [1.54, 1.807) is 11.3 Å². The average Bonchev–Trinajstić information content (AvgIpc) is 3.37. The van der Waals surface area contributed by atoms with Crippen LogP contribution >= 0.6 is 22.7 Å². The Bertz CT molecular complexity index is 784. The van der Waals surface area contributed by atoms with Gasteiger partial charge in [0.05, 0.1) is 16.8 Å². The van der Waals surface area contributed by atoms with Gasteiger partial charge in [-0.15, -0.1) is 22.7 Å². The zero-order valence-corrected chi connectivity index (χ0v) is 16.7. The van der Waals surface area contributed by atoms with E-state index in [0.717, 1.165) is 43.6 Å². The molecule has 0 aliphatic carbocycles. The predicted octanol–water partition coefficient (Wildman–Crippen LogP) is 4.20. The maximum atomic E-state index is 13.3. The number of thiophene rings is 2. The lowest BCUT2D eigenvalue weighted by molar-refractivity contribution is -0.140. The second-order valence-electron chi connectivity index (χ2n) is 7.07. The molecule has 2 unspecified atom stereocenters. The maximum Gasteiger partial charge on any atom is 0.263 e. The van der Waals surface area contributed by atoms with Gasteiger partial charge in [-0.3, -0.25) is 9.59 Å². The molecule has 0 spiro atoms. The summed E-state index contributed by atoms with van der Waals surface area (Å²) in [4.78, 5) is 32.1. The van der Waals surface area contributed by atoms with Crippen molar-refractivity contribution in [3.63, 3.8) is 0 Å². The van der Waals surface area contributed by atoms with Crippen molar-refractivity contribution in [3.8, 4) is 0 Å². The Kier molecular flexibility index (Phi) is 5.14. The van der Waals surface area contributed by atoms with Gasteiger partial charge in [0.25, 0.3) is 5.91 Å². The SMILES string of the molecule is CCC1c2ccsc2CCN1C(=O)C1CCCN(C(=O)c2cccs2)C1. The highest BCUT2D eigenvalue weighted by Gasteiger charge is 2.36. The van der Waals surface area contributed by atoms with Crippen molar-refractivity contribution < 1.29 is 9.59 Å². The second-order valence-corrected chi connectivity index (χ2v) is 9.02. The first kappa shape index (κ1) is 17.7. The number of hydrogen-bond donors (Lipinski definition) is 0. The average molecular weight is 389 g/mol. The van der Waals surface area contributed by atoms with E-state index in [-0.39, 0.29) is 23.8 Å². The Labute approximate surface area is 162 Å². The summed E-state index contributed by atoms with van der Waals surface area (Å²) < 4.78 is 0. The summed E-state index contributed by atoms with van der Waals surface area (Å²) >= 11 is 3.28. The molecule has 0 aromatic carbocycles. The largest absolute Gasteiger partial charge is 0.337 e. The molecule has 2 aromatic heterocycles. The van der Waals surface area contributed by atoms with E-state index in [2.05, 4.69) is 23.3 Å². The first-order chi connectivity index (χ1) is 12.7. The summed E-state index contributed by atoms with van der Waals surface area (Å²) in [6.45, 7) is 4.27. The molecule has 1 fully saturated rings. The molecule has 2 aliphatic rings. The first-order valence-electron chi connectivity index (χ1n) is 9.38. The molecule has 1 saturated heterocycles. The number of likely N-dealkylation sites (tertiary alicyclic amines) is 1. The van der Waals surface area contributed by atoms with Gasteiger partial charge in [0.2, 0.25) is 5.91 Å². The Morgan fingerprint density at radius 3 is 2.85 bits per heavy atom. The van der Waals surface area contributed by atoms with Crippen LogP contribution in [0.1, 0.15) is 52.3 Å². The van der Waals surface area contributed by atoms with E-state index < -0.39 is 0 Å². The van der Waals surface area contributed by atoms with Gasteiger partial charge in [-0.2, -0.15) is 0 Å². The third kappa shape index (κ3) is 3.21. The number of fused-ring (bicyclic) bond motifs is 1. The molecule has 6 heteroatoms. The topological polar surface area (TPSA) is 40.6 Å². The van der Waals surface area contributed by atoms with Crippen LogP contribution in [0.2, 0.25) is 0 Å². The molecule has 2 amide bonds. The number of amides is 2. The molecule has 2 atom stereocenters. The lowest BCUT2D eigenvalue weighted by Crippen LogP contribution is -2.49. The van der Waals surface area contributed by atoms with Crippen molar-refractivity contribution in [3.05, 3.63) is 44.3 Å². The van der Waals surface area contributed by atoms with Crippen LogP contribution in [0.15, 0.2) is 29.0 Å². The maximum absolute atomic E-state index is 13.3. The molecule has 26 heavy (non-hydrogen) atoms. The van der Waals surface area contributed by atoms with Crippen molar-refractivity contribution >= 4 is 34.5 Å². The zero-order chi connectivity index (χ0) is 18.1. The molecular formula is C20H24N2O2S2. The van der Waals surface area contributed by atoms with Crippen LogP contribution in [-0.4, -0.2) is 41.2 Å². The highest BCUT2D eigenvalue weighted by Crippen LogP contribution is 2.36. The van der Waals surface area contributed by atoms with Crippen molar-refractivity contribution in [1.82, 2.24) is 9.80 Å². The van der Waals surface area contributed by atoms with Crippen molar-refractivity contribution in [2.24, 2.45) is 5.92 Å².